The van der Waals surface area contributed by atoms with Gasteiger partial charge in [-0.15, -0.1) is 0 Å². The van der Waals surface area contributed by atoms with Crippen LogP contribution >= 0.6 is 0 Å². The molecule has 3 rings (SSSR count). The lowest BCUT2D eigenvalue weighted by molar-refractivity contribution is 0.0949. The number of nitrogens with one attached hydrogen (secondary N) is 2. The van der Waals surface area contributed by atoms with E-state index in [1.807, 2.05) is 38.1 Å². The summed E-state index contributed by atoms with van der Waals surface area (Å²) in [7, 11) is 1.64. The highest BCUT2D eigenvalue weighted by atomic mass is 16.5. The Morgan fingerprint density at radius 2 is 1.82 bits per heavy atom. The van der Waals surface area contributed by atoms with Crippen LogP contribution in [0.15, 0.2) is 54.9 Å². The van der Waals surface area contributed by atoms with Crippen molar-refractivity contribution in [2.75, 3.05) is 19.0 Å². The van der Waals surface area contributed by atoms with Crippen LogP contribution in [0.1, 0.15) is 27.2 Å². The van der Waals surface area contributed by atoms with Gasteiger partial charge in [0.25, 0.3) is 5.91 Å². The molecule has 6 nitrogen and oxygen atoms in total. The van der Waals surface area contributed by atoms with Gasteiger partial charge in [-0.1, -0.05) is 24.3 Å². The summed E-state index contributed by atoms with van der Waals surface area (Å²) in [5.74, 6) is 1.18. The first-order valence-electron chi connectivity index (χ1n) is 9.12. The van der Waals surface area contributed by atoms with Crippen molar-refractivity contribution < 1.29 is 9.53 Å². The SMILES string of the molecule is COc1ccc(CCNC(=O)c2cnc(Nc3cc(C)ccc3C)cn2)cc1. The Morgan fingerprint density at radius 1 is 1.04 bits per heavy atom. The number of rotatable bonds is 7. The number of ether oxygens (including phenoxy) is 1. The van der Waals surface area contributed by atoms with E-state index in [9.17, 15) is 4.79 Å². The zero-order valence-corrected chi connectivity index (χ0v) is 16.3. The number of amides is 1. The topological polar surface area (TPSA) is 76.1 Å². The van der Waals surface area contributed by atoms with Gasteiger partial charge in [0.1, 0.15) is 17.3 Å². The number of anilines is 2. The van der Waals surface area contributed by atoms with E-state index in [2.05, 4.69) is 38.8 Å². The van der Waals surface area contributed by atoms with E-state index in [4.69, 9.17) is 4.74 Å². The van der Waals surface area contributed by atoms with Crippen molar-refractivity contribution >= 4 is 17.4 Å². The van der Waals surface area contributed by atoms with E-state index in [1.165, 1.54) is 6.20 Å². The quantitative estimate of drug-likeness (QED) is 0.656. The van der Waals surface area contributed by atoms with Crippen molar-refractivity contribution in [2.24, 2.45) is 0 Å². The Labute approximate surface area is 165 Å². The molecule has 6 heteroatoms. The maximum absolute atomic E-state index is 12.2. The van der Waals surface area contributed by atoms with Crippen molar-refractivity contribution in [3.63, 3.8) is 0 Å². The average Bonchev–Trinajstić information content (AvgIpc) is 2.71. The zero-order chi connectivity index (χ0) is 19.9. The van der Waals surface area contributed by atoms with Crippen LogP contribution in [0.3, 0.4) is 0 Å². The summed E-state index contributed by atoms with van der Waals surface area (Å²) in [6.45, 7) is 4.59. The summed E-state index contributed by atoms with van der Waals surface area (Å²) < 4.78 is 5.14. The molecule has 0 aliphatic heterocycles. The fraction of sp³-hybridized carbons (Fsp3) is 0.227. The molecule has 0 aliphatic rings. The van der Waals surface area contributed by atoms with E-state index in [0.29, 0.717) is 18.1 Å². The van der Waals surface area contributed by atoms with Crippen LogP contribution in [0.2, 0.25) is 0 Å². The molecule has 0 aliphatic carbocycles. The Morgan fingerprint density at radius 3 is 2.50 bits per heavy atom. The predicted molar refractivity (Wildman–Crippen MR) is 110 cm³/mol. The number of aryl methyl sites for hydroxylation is 2. The first-order chi connectivity index (χ1) is 13.5. The van der Waals surface area contributed by atoms with Gasteiger partial charge in [0, 0.05) is 12.2 Å². The Balaban J connectivity index is 1.53. The number of hydrogen-bond acceptors (Lipinski definition) is 5. The zero-order valence-electron chi connectivity index (χ0n) is 16.3. The van der Waals surface area contributed by atoms with Crippen molar-refractivity contribution in [3.05, 3.63) is 77.2 Å². The molecular formula is C22H24N4O2. The minimum Gasteiger partial charge on any atom is -0.497 e. The molecule has 1 amide bonds. The van der Waals surface area contributed by atoms with Gasteiger partial charge in [0.2, 0.25) is 0 Å². The molecule has 1 heterocycles. The van der Waals surface area contributed by atoms with Crippen molar-refractivity contribution in [2.45, 2.75) is 20.3 Å². The first-order valence-corrected chi connectivity index (χ1v) is 9.12. The molecule has 3 aromatic rings. The minimum atomic E-state index is -0.237. The van der Waals surface area contributed by atoms with Crippen LogP contribution in [-0.2, 0) is 6.42 Å². The lowest BCUT2D eigenvalue weighted by atomic mass is 10.1. The first kappa shape index (κ1) is 19.4. The highest BCUT2D eigenvalue weighted by Crippen LogP contribution is 2.20. The van der Waals surface area contributed by atoms with E-state index in [1.54, 1.807) is 13.3 Å². The second-order valence-electron chi connectivity index (χ2n) is 6.58. The summed E-state index contributed by atoms with van der Waals surface area (Å²) >= 11 is 0. The second-order valence-corrected chi connectivity index (χ2v) is 6.58. The maximum Gasteiger partial charge on any atom is 0.271 e. The molecule has 0 radical (unpaired) electrons. The molecule has 0 saturated heterocycles. The lowest BCUT2D eigenvalue weighted by Crippen LogP contribution is -2.26. The molecule has 0 fully saturated rings. The van der Waals surface area contributed by atoms with E-state index in [0.717, 1.165) is 34.5 Å². The third kappa shape index (κ3) is 5.07. The number of nitrogens with zero attached hydrogens (tertiary/aromatic N) is 2. The van der Waals surface area contributed by atoms with Crippen LogP contribution < -0.4 is 15.4 Å². The minimum absolute atomic E-state index is 0.237. The number of benzene rings is 2. The summed E-state index contributed by atoms with van der Waals surface area (Å²) in [6.07, 6.45) is 3.78. The maximum atomic E-state index is 12.2. The van der Waals surface area contributed by atoms with E-state index >= 15 is 0 Å². The van der Waals surface area contributed by atoms with Gasteiger partial charge in [0.05, 0.1) is 19.5 Å². The molecular weight excluding hydrogens is 352 g/mol. The molecule has 0 bridgehead atoms. The van der Waals surface area contributed by atoms with Crippen molar-refractivity contribution in [1.29, 1.82) is 0 Å². The average molecular weight is 376 g/mol. The van der Waals surface area contributed by atoms with Crippen LogP contribution in [0.25, 0.3) is 0 Å². The van der Waals surface area contributed by atoms with Gasteiger partial charge in [-0.25, -0.2) is 9.97 Å². The monoisotopic (exact) mass is 376 g/mol. The number of carbonyl (C=O) groups is 1. The van der Waals surface area contributed by atoms with E-state index in [-0.39, 0.29) is 5.91 Å². The molecule has 2 N–H and O–H groups in total. The summed E-state index contributed by atoms with van der Waals surface area (Å²) in [5, 5.41) is 6.11. The second kappa shape index (κ2) is 8.99. The summed E-state index contributed by atoms with van der Waals surface area (Å²) in [5.41, 5.74) is 4.68. The van der Waals surface area contributed by atoms with Gasteiger partial charge in [-0.2, -0.15) is 0 Å². The molecule has 1 aromatic heterocycles. The van der Waals surface area contributed by atoms with E-state index < -0.39 is 0 Å². The predicted octanol–water partition coefficient (Wildman–Crippen LogP) is 3.82. The molecule has 0 unspecified atom stereocenters. The number of carbonyl (C=O) groups excluding carboxylic acids is 1. The molecule has 0 atom stereocenters. The fourth-order valence-electron chi connectivity index (χ4n) is 2.72. The summed E-state index contributed by atoms with van der Waals surface area (Å²) in [4.78, 5) is 20.8. The Hall–Kier alpha value is -3.41. The fourth-order valence-corrected chi connectivity index (χ4v) is 2.72. The smallest absolute Gasteiger partial charge is 0.271 e. The van der Waals surface area contributed by atoms with Gasteiger partial charge >= 0.3 is 0 Å². The molecule has 2 aromatic carbocycles. The van der Waals surface area contributed by atoms with Crippen LogP contribution in [0.5, 0.6) is 5.75 Å². The van der Waals surface area contributed by atoms with Gasteiger partial charge in [-0.3, -0.25) is 4.79 Å². The van der Waals surface area contributed by atoms with Gasteiger partial charge < -0.3 is 15.4 Å². The van der Waals surface area contributed by atoms with Crippen LogP contribution in [0.4, 0.5) is 11.5 Å². The third-order valence-corrected chi connectivity index (χ3v) is 4.40. The van der Waals surface area contributed by atoms with Crippen LogP contribution in [0, 0.1) is 13.8 Å². The number of methoxy groups -OCH3 is 1. The Bertz CT molecular complexity index is 938. The normalized spacial score (nSPS) is 10.4. The van der Waals surface area contributed by atoms with Gasteiger partial charge in [0.15, 0.2) is 0 Å². The highest BCUT2D eigenvalue weighted by molar-refractivity contribution is 5.92. The number of hydrogen-bond donors (Lipinski definition) is 2. The van der Waals surface area contributed by atoms with Gasteiger partial charge in [-0.05, 0) is 55.2 Å². The Kier molecular flexibility index (Phi) is 6.22. The summed E-state index contributed by atoms with van der Waals surface area (Å²) in [6, 6.07) is 13.9. The molecule has 0 saturated carbocycles. The van der Waals surface area contributed by atoms with Crippen LogP contribution in [-0.4, -0.2) is 29.5 Å². The standard InChI is InChI=1S/C22H24N4O2/c1-15-4-5-16(2)19(12-15)26-21-14-24-20(13-25-21)22(27)23-11-10-17-6-8-18(28-3)9-7-17/h4-9,12-14H,10-11H2,1-3H3,(H,23,27)(H,25,26). The number of aromatic nitrogens is 2. The van der Waals surface area contributed by atoms with Crippen molar-refractivity contribution in [1.82, 2.24) is 15.3 Å². The van der Waals surface area contributed by atoms with Crippen molar-refractivity contribution in [3.8, 4) is 5.75 Å². The molecule has 0 spiro atoms. The highest BCUT2D eigenvalue weighted by Gasteiger charge is 2.08. The lowest BCUT2D eigenvalue weighted by Gasteiger charge is -2.10. The largest absolute Gasteiger partial charge is 0.497 e. The molecule has 28 heavy (non-hydrogen) atoms. The third-order valence-electron chi connectivity index (χ3n) is 4.40. The molecule has 144 valence electrons.